The van der Waals surface area contributed by atoms with Crippen LogP contribution in [0.5, 0.6) is 5.75 Å². The van der Waals surface area contributed by atoms with E-state index in [0.29, 0.717) is 16.5 Å². The van der Waals surface area contributed by atoms with E-state index in [9.17, 15) is 9.90 Å². The third kappa shape index (κ3) is 3.09. The minimum atomic E-state index is -0.915. The lowest BCUT2D eigenvalue weighted by atomic mass is 10.1. The van der Waals surface area contributed by atoms with Gasteiger partial charge >= 0.3 is 5.97 Å². The molecule has 0 spiro atoms. The monoisotopic (exact) mass is 270 g/mol. The topological polar surface area (TPSA) is 57.5 Å². The van der Waals surface area contributed by atoms with Gasteiger partial charge in [0.1, 0.15) is 5.75 Å². The number of halogens is 1. The number of carboxylic acids is 1. The van der Waals surface area contributed by atoms with Crippen molar-refractivity contribution in [1.82, 2.24) is 0 Å². The summed E-state index contributed by atoms with van der Waals surface area (Å²) in [5, 5.41) is 18.1. The van der Waals surface area contributed by atoms with Crippen molar-refractivity contribution in [3.05, 3.63) is 33.8 Å². The summed E-state index contributed by atoms with van der Waals surface area (Å²) >= 11 is 3.17. The van der Waals surface area contributed by atoms with Gasteiger partial charge in [-0.15, -0.1) is 0 Å². The lowest BCUT2D eigenvalue weighted by molar-refractivity contribution is -0.132. The van der Waals surface area contributed by atoms with Gasteiger partial charge < -0.3 is 10.2 Å². The summed E-state index contributed by atoms with van der Waals surface area (Å²) in [5.41, 5.74) is 1.09. The SMILES string of the molecule is CCC(=Cc1ccc(O)c(Br)c1)C(=O)O. The fraction of sp³-hybridized carbons (Fsp3) is 0.182. The lowest BCUT2D eigenvalue weighted by Crippen LogP contribution is -1.98. The highest BCUT2D eigenvalue weighted by Gasteiger charge is 2.05. The van der Waals surface area contributed by atoms with E-state index in [1.54, 1.807) is 25.1 Å². The van der Waals surface area contributed by atoms with Crippen LogP contribution in [0.2, 0.25) is 0 Å². The average molecular weight is 271 g/mol. The van der Waals surface area contributed by atoms with Crippen molar-refractivity contribution >= 4 is 28.0 Å². The molecule has 1 aromatic carbocycles. The van der Waals surface area contributed by atoms with Crippen LogP contribution < -0.4 is 0 Å². The molecule has 0 aliphatic heterocycles. The molecule has 0 aliphatic rings. The summed E-state index contributed by atoms with van der Waals surface area (Å²) in [7, 11) is 0. The summed E-state index contributed by atoms with van der Waals surface area (Å²) in [6, 6.07) is 4.86. The van der Waals surface area contributed by atoms with Crippen molar-refractivity contribution in [2.45, 2.75) is 13.3 Å². The number of phenolic OH excluding ortho intramolecular Hbond substituents is 1. The first-order valence-electron chi connectivity index (χ1n) is 4.47. The molecule has 80 valence electrons. The number of hydrogen-bond donors (Lipinski definition) is 2. The zero-order valence-electron chi connectivity index (χ0n) is 8.20. The fourth-order valence-corrected chi connectivity index (χ4v) is 1.53. The van der Waals surface area contributed by atoms with Gasteiger partial charge in [-0.25, -0.2) is 4.79 Å². The average Bonchev–Trinajstić information content (AvgIpc) is 2.19. The molecule has 15 heavy (non-hydrogen) atoms. The molecule has 0 saturated heterocycles. The standard InChI is InChI=1S/C11H11BrO3/c1-2-8(11(14)15)5-7-3-4-10(13)9(12)6-7/h3-6,13H,2H2,1H3,(H,14,15). The maximum Gasteiger partial charge on any atom is 0.331 e. The van der Waals surface area contributed by atoms with Gasteiger partial charge in [-0.1, -0.05) is 13.0 Å². The van der Waals surface area contributed by atoms with Crippen LogP contribution in [-0.2, 0) is 4.79 Å². The van der Waals surface area contributed by atoms with E-state index in [-0.39, 0.29) is 5.75 Å². The van der Waals surface area contributed by atoms with E-state index in [2.05, 4.69) is 15.9 Å². The summed E-state index contributed by atoms with van der Waals surface area (Å²) in [5.74, 6) is -0.776. The van der Waals surface area contributed by atoms with Crippen LogP contribution in [0.4, 0.5) is 0 Å². The molecule has 4 heteroatoms. The first kappa shape index (κ1) is 11.8. The maximum absolute atomic E-state index is 10.8. The zero-order chi connectivity index (χ0) is 11.4. The molecule has 3 nitrogen and oxygen atoms in total. The Morgan fingerprint density at radius 3 is 2.67 bits per heavy atom. The first-order valence-corrected chi connectivity index (χ1v) is 5.26. The highest BCUT2D eigenvalue weighted by molar-refractivity contribution is 9.10. The molecule has 0 heterocycles. The van der Waals surface area contributed by atoms with E-state index in [1.165, 1.54) is 6.07 Å². The van der Waals surface area contributed by atoms with E-state index in [1.807, 2.05) is 0 Å². The molecule has 0 bridgehead atoms. The van der Waals surface area contributed by atoms with Crippen molar-refractivity contribution < 1.29 is 15.0 Å². The molecule has 0 fully saturated rings. The van der Waals surface area contributed by atoms with Gasteiger partial charge in [-0.05, 0) is 46.1 Å². The van der Waals surface area contributed by atoms with Crippen molar-refractivity contribution in [2.24, 2.45) is 0 Å². The van der Waals surface area contributed by atoms with Gasteiger partial charge in [0.25, 0.3) is 0 Å². The molecule has 1 rings (SSSR count). The summed E-state index contributed by atoms with van der Waals surface area (Å²) < 4.78 is 0.553. The Kier molecular flexibility index (Phi) is 3.91. The van der Waals surface area contributed by atoms with Gasteiger partial charge in [0, 0.05) is 5.57 Å². The first-order chi connectivity index (χ1) is 7.04. The number of aliphatic carboxylic acids is 1. The van der Waals surface area contributed by atoms with Crippen LogP contribution in [0.15, 0.2) is 28.2 Å². The van der Waals surface area contributed by atoms with Gasteiger partial charge in [0.2, 0.25) is 0 Å². The van der Waals surface area contributed by atoms with Gasteiger partial charge in [-0.2, -0.15) is 0 Å². The van der Waals surface area contributed by atoms with Crippen molar-refractivity contribution in [2.75, 3.05) is 0 Å². The largest absolute Gasteiger partial charge is 0.507 e. The summed E-state index contributed by atoms with van der Waals surface area (Å²) in [4.78, 5) is 10.8. The predicted molar refractivity (Wildman–Crippen MR) is 61.7 cm³/mol. The number of rotatable bonds is 3. The number of carboxylic acid groups (broad SMARTS) is 1. The Morgan fingerprint density at radius 1 is 1.53 bits per heavy atom. The number of benzene rings is 1. The Morgan fingerprint density at radius 2 is 2.20 bits per heavy atom. The minimum absolute atomic E-state index is 0.139. The molecule has 0 saturated carbocycles. The predicted octanol–water partition coefficient (Wildman–Crippen LogP) is 3.03. The van der Waals surface area contributed by atoms with Crippen LogP contribution in [0.1, 0.15) is 18.9 Å². The Hall–Kier alpha value is -1.29. The fourth-order valence-electron chi connectivity index (χ4n) is 1.13. The molecule has 0 radical (unpaired) electrons. The van der Waals surface area contributed by atoms with Crippen molar-refractivity contribution in [1.29, 1.82) is 0 Å². The van der Waals surface area contributed by atoms with Gasteiger partial charge in [0.05, 0.1) is 4.47 Å². The Bertz CT molecular complexity index is 410. The van der Waals surface area contributed by atoms with Crippen LogP contribution in [-0.4, -0.2) is 16.2 Å². The highest BCUT2D eigenvalue weighted by Crippen LogP contribution is 2.25. The molecule has 0 aromatic heterocycles. The lowest BCUT2D eigenvalue weighted by Gasteiger charge is -2.01. The van der Waals surface area contributed by atoms with Crippen LogP contribution in [0.3, 0.4) is 0 Å². The second kappa shape index (κ2) is 4.98. The molecule has 0 amide bonds. The molecule has 0 unspecified atom stereocenters. The Balaban J connectivity index is 3.07. The zero-order valence-corrected chi connectivity index (χ0v) is 9.78. The number of phenols is 1. The maximum atomic E-state index is 10.8. The van der Waals surface area contributed by atoms with E-state index < -0.39 is 5.97 Å². The highest BCUT2D eigenvalue weighted by atomic mass is 79.9. The van der Waals surface area contributed by atoms with E-state index in [0.717, 1.165) is 5.56 Å². The number of hydrogen-bond acceptors (Lipinski definition) is 2. The number of carbonyl (C=O) groups is 1. The minimum Gasteiger partial charge on any atom is -0.507 e. The molecule has 2 N–H and O–H groups in total. The van der Waals surface area contributed by atoms with Crippen molar-refractivity contribution in [3.63, 3.8) is 0 Å². The molecule has 0 aliphatic carbocycles. The quantitative estimate of drug-likeness (QED) is 0.831. The van der Waals surface area contributed by atoms with E-state index >= 15 is 0 Å². The molecular formula is C11H11BrO3. The molecule has 0 atom stereocenters. The van der Waals surface area contributed by atoms with Gasteiger partial charge in [0.15, 0.2) is 0 Å². The van der Waals surface area contributed by atoms with Crippen LogP contribution in [0.25, 0.3) is 6.08 Å². The molecular weight excluding hydrogens is 260 g/mol. The van der Waals surface area contributed by atoms with Crippen LogP contribution in [0, 0.1) is 0 Å². The summed E-state index contributed by atoms with van der Waals surface area (Å²) in [6.45, 7) is 1.79. The second-order valence-corrected chi connectivity index (χ2v) is 3.89. The van der Waals surface area contributed by atoms with Gasteiger partial charge in [-0.3, -0.25) is 0 Å². The third-order valence-electron chi connectivity index (χ3n) is 1.97. The Labute approximate surface area is 96.2 Å². The summed E-state index contributed by atoms with van der Waals surface area (Å²) in [6.07, 6.45) is 2.06. The smallest absolute Gasteiger partial charge is 0.331 e. The second-order valence-electron chi connectivity index (χ2n) is 3.04. The molecule has 1 aromatic rings. The van der Waals surface area contributed by atoms with E-state index in [4.69, 9.17) is 5.11 Å². The van der Waals surface area contributed by atoms with Crippen molar-refractivity contribution in [3.8, 4) is 5.75 Å². The number of aromatic hydroxyl groups is 1. The normalized spacial score (nSPS) is 11.5. The third-order valence-corrected chi connectivity index (χ3v) is 2.60. The van der Waals surface area contributed by atoms with Crippen LogP contribution >= 0.6 is 15.9 Å².